The van der Waals surface area contributed by atoms with E-state index < -0.39 is 5.69 Å². The third-order valence-electron chi connectivity index (χ3n) is 0.100. The largest absolute Gasteiger partial charge is 0.336 e. The van der Waals surface area contributed by atoms with Crippen LogP contribution in [0.3, 0.4) is 0 Å². The second-order valence-electron chi connectivity index (χ2n) is 0.588. The van der Waals surface area contributed by atoms with Gasteiger partial charge >= 0.3 is 0 Å². The van der Waals surface area contributed by atoms with E-state index in [9.17, 15) is 4.21 Å². The van der Waals surface area contributed by atoms with Gasteiger partial charge < -0.3 is 9.79 Å². The summed E-state index contributed by atoms with van der Waals surface area (Å²) in [5.41, 5.74) is -3.34. The third kappa shape index (κ3) is 4.72. The van der Waals surface area contributed by atoms with E-state index >= 15 is 0 Å². The second-order valence-corrected chi connectivity index (χ2v) is 6.22. The zero-order chi connectivity index (χ0) is 5.21. The van der Waals surface area contributed by atoms with Crippen LogP contribution in [0.25, 0.3) is 0 Å². The van der Waals surface area contributed by atoms with Crippen molar-refractivity contribution < 1.29 is 14.0 Å². The van der Waals surface area contributed by atoms with E-state index in [1.165, 1.54) is 0 Å². The van der Waals surface area contributed by atoms with Gasteiger partial charge in [0, 0.05) is 0 Å². The second kappa shape index (κ2) is 2.14. The van der Waals surface area contributed by atoms with Crippen molar-refractivity contribution in [3.63, 3.8) is 0 Å². The molecular weight excluding hydrogens is 143 g/mol. The standard InChI is InChI=1S/H3O3PS2/c1-4(2,5)6-3/h1-2,5H. The van der Waals surface area contributed by atoms with E-state index in [0.717, 1.165) is 0 Å². The summed E-state index contributed by atoms with van der Waals surface area (Å²) in [5, 5.41) is 0. The van der Waals surface area contributed by atoms with Crippen LogP contribution in [0, 0.1) is 0 Å². The predicted octanol–water partition coefficient (Wildman–Crippen LogP) is -0.209. The Balaban J connectivity index is 4.21. The molecule has 0 saturated heterocycles. The van der Waals surface area contributed by atoms with Crippen LogP contribution in [-0.4, -0.2) is 14.0 Å². The van der Waals surface area contributed by atoms with Crippen molar-refractivity contribution in [2.45, 2.75) is 0 Å². The van der Waals surface area contributed by atoms with Crippen molar-refractivity contribution in [1.82, 2.24) is 0 Å². The molecule has 0 unspecified atom stereocenters. The fraction of sp³-hybridized carbons (Fsp3) is 0. The van der Waals surface area contributed by atoms with Gasteiger partial charge in [-0.1, -0.05) is 12.2 Å². The minimum Gasteiger partial charge on any atom is -0.336 e. The van der Waals surface area contributed by atoms with Gasteiger partial charge in [-0.15, -0.1) is 0 Å². The van der Waals surface area contributed by atoms with E-state index in [1.54, 1.807) is 0 Å². The number of hydrogen-bond donors (Lipinski definition) is 3. The van der Waals surface area contributed by atoms with Crippen molar-refractivity contribution in [1.29, 1.82) is 0 Å². The highest BCUT2D eigenvalue weighted by atomic mass is 32.9. The van der Waals surface area contributed by atoms with E-state index in [-0.39, 0.29) is 10.8 Å². The average Bonchev–Trinajstić information content (AvgIpc) is 1.35. The van der Waals surface area contributed by atoms with Crippen molar-refractivity contribution in [3.05, 3.63) is 0 Å². The molecule has 38 valence electrons. The Bertz CT molecular complexity index is 97.7. The zero-order valence-corrected chi connectivity index (χ0v) is 5.21. The van der Waals surface area contributed by atoms with Crippen molar-refractivity contribution in [2.24, 2.45) is 0 Å². The number of hydrogen-bond acceptors (Lipinski definition) is 1. The van der Waals surface area contributed by atoms with Gasteiger partial charge in [0.05, 0.1) is 0 Å². The zero-order valence-electron chi connectivity index (χ0n) is 2.61. The minimum absolute atomic E-state index is 0.282. The fourth-order valence-electron chi connectivity index (χ4n) is 0. The van der Waals surface area contributed by atoms with Crippen molar-refractivity contribution >= 4 is 28.8 Å². The maximum absolute atomic E-state index is 9.34. The highest BCUT2D eigenvalue weighted by Gasteiger charge is 1.95. The lowest BCUT2D eigenvalue weighted by molar-refractivity contribution is 0.501. The first-order valence-corrected chi connectivity index (χ1v) is 5.14. The van der Waals surface area contributed by atoms with E-state index in [0.29, 0.717) is 0 Å². The lowest BCUT2D eigenvalue weighted by Gasteiger charge is -1.88. The molecule has 0 fully saturated rings. The summed E-state index contributed by atoms with van der Waals surface area (Å²) in [6, 6.07) is 0. The molecule has 0 rings (SSSR count). The molecular formula is H3O3PS2. The Kier molecular flexibility index (Phi) is 2.39. The molecule has 0 heterocycles. The average molecular weight is 146 g/mol. The summed E-state index contributed by atoms with van der Waals surface area (Å²) in [7, 11) is -0.282. The van der Waals surface area contributed by atoms with Crippen LogP contribution in [0.4, 0.5) is 0 Å². The van der Waals surface area contributed by atoms with Crippen LogP contribution in [0.15, 0.2) is 0 Å². The molecule has 6 heteroatoms. The molecule has 3 nitrogen and oxygen atoms in total. The summed E-state index contributed by atoms with van der Waals surface area (Å²) in [6.45, 7) is 0. The lowest BCUT2D eigenvalue weighted by atomic mass is 15.9. The van der Waals surface area contributed by atoms with E-state index in [1.807, 2.05) is 0 Å². The van der Waals surface area contributed by atoms with Gasteiger partial charge in [0.1, 0.15) is 10.8 Å². The van der Waals surface area contributed by atoms with Crippen LogP contribution >= 0.6 is 17.9 Å². The Hall–Kier alpha value is 0.720. The van der Waals surface area contributed by atoms with Gasteiger partial charge in [-0.05, 0) is 0 Å². The molecule has 0 atom stereocenters. The Morgan fingerprint density at radius 1 is 1.67 bits per heavy atom. The first-order chi connectivity index (χ1) is 2.56. The normalized spacial score (nSPS) is 11.2. The molecule has 6 heavy (non-hydrogen) atoms. The summed E-state index contributed by atoms with van der Waals surface area (Å²) in [5.74, 6) is 0. The first-order valence-electron chi connectivity index (χ1n) is 0.949. The van der Waals surface area contributed by atoms with Crippen LogP contribution < -0.4 is 0 Å². The lowest BCUT2D eigenvalue weighted by Crippen LogP contribution is -1.57. The molecule has 0 amide bonds. The van der Waals surface area contributed by atoms with E-state index in [2.05, 4.69) is 12.2 Å². The van der Waals surface area contributed by atoms with Gasteiger partial charge in [-0.25, -0.2) is 4.21 Å². The molecule has 0 aliphatic heterocycles. The molecule has 0 aliphatic carbocycles. The number of thiol groups is 1. The summed E-state index contributed by atoms with van der Waals surface area (Å²) in [4.78, 5) is 16.0. The van der Waals surface area contributed by atoms with Crippen molar-refractivity contribution in [2.75, 3.05) is 0 Å². The molecule has 0 spiro atoms. The van der Waals surface area contributed by atoms with Crippen LogP contribution in [0.5, 0.6) is 0 Å². The van der Waals surface area contributed by atoms with Gasteiger partial charge in [0.2, 0.25) is 0 Å². The fourth-order valence-corrected chi connectivity index (χ4v) is 0. The Morgan fingerprint density at radius 2 is 1.83 bits per heavy atom. The summed E-state index contributed by atoms with van der Waals surface area (Å²) < 4.78 is 9.34. The van der Waals surface area contributed by atoms with Gasteiger partial charge in [0.15, 0.2) is 0 Å². The molecule has 0 bridgehead atoms. The highest BCUT2D eigenvalue weighted by Crippen LogP contribution is 2.40. The maximum Gasteiger partial charge on any atom is 0.268 e. The van der Waals surface area contributed by atoms with Gasteiger partial charge in [-0.3, -0.25) is 0 Å². The van der Waals surface area contributed by atoms with Gasteiger partial charge in [0.25, 0.3) is 5.69 Å². The quantitative estimate of drug-likeness (QED) is 0.327. The Labute approximate surface area is 43.4 Å². The predicted molar refractivity (Wildman–Crippen MR) is 28.5 cm³/mol. The highest BCUT2D eigenvalue weighted by molar-refractivity contribution is 8.60. The van der Waals surface area contributed by atoms with Crippen LogP contribution in [-0.2, 0) is 10.8 Å². The summed E-state index contributed by atoms with van der Waals surface area (Å²) >= 11 is 3.13. The molecule has 0 aromatic rings. The maximum atomic E-state index is 9.34. The third-order valence-corrected chi connectivity index (χ3v) is 1.50. The molecule has 0 aliphatic rings. The van der Waals surface area contributed by atoms with Gasteiger partial charge in [-0.2, -0.15) is 0 Å². The monoisotopic (exact) mass is 146 g/mol. The van der Waals surface area contributed by atoms with Crippen molar-refractivity contribution in [3.8, 4) is 0 Å². The van der Waals surface area contributed by atoms with E-state index in [4.69, 9.17) is 9.79 Å². The number of rotatable bonds is 0. The minimum atomic E-state index is -3.34. The topological polar surface area (TPSA) is 57.5 Å². The smallest absolute Gasteiger partial charge is 0.268 e. The van der Waals surface area contributed by atoms with Crippen LogP contribution in [0.1, 0.15) is 0 Å². The molecule has 0 radical (unpaired) electrons. The molecule has 0 aromatic carbocycles. The molecule has 2 N–H and O–H groups in total. The SMILES string of the molecule is O=S=P(O)(O)S. The Morgan fingerprint density at radius 3 is 1.83 bits per heavy atom. The molecule has 0 saturated carbocycles. The van der Waals surface area contributed by atoms with Crippen LogP contribution in [0.2, 0.25) is 0 Å². The molecule has 0 aromatic heterocycles. The first kappa shape index (κ1) is 6.72. The summed E-state index contributed by atoms with van der Waals surface area (Å²) in [6.07, 6.45) is 0.